The number of nitrogens with zero attached hydrogens (tertiary/aromatic N) is 3. The van der Waals surface area contributed by atoms with Crippen molar-refractivity contribution in [2.75, 3.05) is 5.32 Å². The average Bonchev–Trinajstić information content (AvgIpc) is 2.53. The zero-order chi connectivity index (χ0) is 16.0. The van der Waals surface area contributed by atoms with E-state index in [1.165, 1.54) is 6.42 Å². The Morgan fingerprint density at radius 3 is 2.29 bits per heavy atom. The Balaban J connectivity index is 2.28. The number of nitrogens with one attached hydrogen (secondary N) is 1. The summed E-state index contributed by atoms with van der Waals surface area (Å²) in [7, 11) is 1.82. The summed E-state index contributed by atoms with van der Waals surface area (Å²) in [5.74, 6) is 1.10. The zero-order valence-electron chi connectivity index (χ0n) is 13.9. The molecule has 118 valence electrons. The molecule has 6 heteroatoms. The second kappa shape index (κ2) is 5.00. The third-order valence-electron chi connectivity index (χ3n) is 4.37. The Morgan fingerprint density at radius 1 is 1.29 bits per heavy atom. The van der Waals surface area contributed by atoms with Crippen LogP contribution in [0.5, 0.6) is 0 Å². The molecule has 1 fully saturated rings. The van der Waals surface area contributed by atoms with Gasteiger partial charge in [0.05, 0.1) is 0 Å². The molecular formula is C15H26N4O2. The minimum atomic E-state index is -0.408. The van der Waals surface area contributed by atoms with Gasteiger partial charge in [0, 0.05) is 20.0 Å². The van der Waals surface area contributed by atoms with Crippen LogP contribution in [0.3, 0.4) is 0 Å². The molecular weight excluding hydrogens is 268 g/mol. The topological polar surface area (TPSA) is 73.0 Å². The summed E-state index contributed by atoms with van der Waals surface area (Å²) in [6.45, 7) is 10.9. The van der Waals surface area contributed by atoms with Crippen LogP contribution in [0.15, 0.2) is 0 Å². The molecule has 1 N–H and O–H groups in total. The minimum Gasteiger partial charge on any atom is -0.362 e. The van der Waals surface area contributed by atoms with E-state index in [4.69, 9.17) is 0 Å². The van der Waals surface area contributed by atoms with E-state index in [0.29, 0.717) is 11.6 Å². The molecule has 1 saturated carbocycles. The van der Waals surface area contributed by atoms with Crippen LogP contribution >= 0.6 is 0 Å². The van der Waals surface area contributed by atoms with Gasteiger partial charge in [-0.2, -0.15) is 0 Å². The van der Waals surface area contributed by atoms with E-state index in [-0.39, 0.29) is 22.7 Å². The number of anilines is 1. The highest BCUT2D eigenvalue weighted by Gasteiger charge is 2.39. The highest BCUT2D eigenvalue weighted by atomic mass is 16.6. The van der Waals surface area contributed by atoms with Crippen molar-refractivity contribution in [2.24, 2.45) is 17.9 Å². The maximum absolute atomic E-state index is 11.2. The monoisotopic (exact) mass is 294 g/mol. The van der Waals surface area contributed by atoms with Crippen LogP contribution in [-0.4, -0.2) is 20.5 Å². The van der Waals surface area contributed by atoms with E-state index >= 15 is 0 Å². The second-order valence-corrected chi connectivity index (χ2v) is 7.90. The van der Waals surface area contributed by atoms with Crippen molar-refractivity contribution in [2.45, 2.75) is 59.9 Å². The van der Waals surface area contributed by atoms with Gasteiger partial charge in [-0.3, -0.25) is 4.57 Å². The lowest BCUT2D eigenvalue weighted by Gasteiger charge is -2.45. The van der Waals surface area contributed by atoms with Gasteiger partial charge in [-0.15, -0.1) is 0 Å². The molecule has 0 saturated heterocycles. The predicted octanol–water partition coefficient (Wildman–Crippen LogP) is 3.65. The summed E-state index contributed by atoms with van der Waals surface area (Å²) in [5, 5.41) is 14.6. The van der Waals surface area contributed by atoms with Crippen molar-refractivity contribution >= 4 is 11.6 Å². The molecule has 21 heavy (non-hydrogen) atoms. The minimum absolute atomic E-state index is 0.0730. The van der Waals surface area contributed by atoms with E-state index in [1.807, 2.05) is 7.05 Å². The van der Waals surface area contributed by atoms with Gasteiger partial charge in [-0.25, -0.2) is 0 Å². The zero-order valence-corrected chi connectivity index (χ0v) is 13.9. The van der Waals surface area contributed by atoms with Crippen molar-refractivity contribution in [3.63, 3.8) is 0 Å². The van der Waals surface area contributed by atoms with Crippen LogP contribution in [0.1, 0.15) is 52.8 Å². The molecule has 0 unspecified atom stereocenters. The van der Waals surface area contributed by atoms with E-state index in [1.54, 1.807) is 11.5 Å². The van der Waals surface area contributed by atoms with Crippen LogP contribution in [0.25, 0.3) is 0 Å². The highest BCUT2D eigenvalue weighted by molar-refractivity contribution is 5.54. The van der Waals surface area contributed by atoms with Crippen LogP contribution in [0.4, 0.5) is 11.6 Å². The highest BCUT2D eigenvalue weighted by Crippen LogP contribution is 2.46. The largest absolute Gasteiger partial charge is 0.406 e. The number of nitro groups is 1. The fourth-order valence-corrected chi connectivity index (χ4v) is 4.02. The predicted molar refractivity (Wildman–Crippen MR) is 83.4 cm³/mol. The van der Waals surface area contributed by atoms with Gasteiger partial charge >= 0.3 is 5.82 Å². The van der Waals surface area contributed by atoms with Gasteiger partial charge in [0.15, 0.2) is 0 Å². The number of hydrogen-bond donors (Lipinski definition) is 1. The first kappa shape index (κ1) is 15.8. The summed E-state index contributed by atoms with van der Waals surface area (Å²) < 4.78 is 1.77. The molecule has 0 spiro atoms. The summed E-state index contributed by atoms with van der Waals surface area (Å²) >= 11 is 0. The SMILES string of the molecule is Cc1nc([N+](=O)[O-])c(NC2CC(C)(C)CC(C)(C)C2)n1C. The third-order valence-corrected chi connectivity index (χ3v) is 4.37. The lowest BCUT2D eigenvalue weighted by Crippen LogP contribution is -2.40. The maximum Gasteiger partial charge on any atom is 0.406 e. The van der Waals surface area contributed by atoms with Crippen molar-refractivity contribution in [3.8, 4) is 0 Å². The van der Waals surface area contributed by atoms with Gasteiger partial charge in [0.25, 0.3) is 0 Å². The number of aromatic nitrogens is 2. The van der Waals surface area contributed by atoms with Crippen LogP contribution < -0.4 is 5.32 Å². The molecule has 6 nitrogen and oxygen atoms in total. The van der Waals surface area contributed by atoms with Crippen LogP contribution in [0, 0.1) is 27.9 Å². The Morgan fingerprint density at radius 2 is 1.81 bits per heavy atom. The molecule has 1 aliphatic rings. The standard InChI is InChI=1S/C15H26N4O2/c1-10-16-13(19(20)21)12(18(10)6)17-11-7-14(2,3)9-15(4,5)8-11/h11,17H,7-9H2,1-6H3. The fraction of sp³-hybridized carbons (Fsp3) is 0.800. The molecule has 1 aromatic rings. The first-order valence-electron chi connectivity index (χ1n) is 7.45. The molecule has 0 aromatic carbocycles. The number of hydrogen-bond acceptors (Lipinski definition) is 4. The Kier molecular flexibility index (Phi) is 3.76. The Hall–Kier alpha value is -1.59. The molecule has 0 bridgehead atoms. The second-order valence-electron chi connectivity index (χ2n) is 7.90. The van der Waals surface area contributed by atoms with Crippen molar-refractivity contribution in [3.05, 3.63) is 15.9 Å². The van der Waals surface area contributed by atoms with Crippen LogP contribution in [-0.2, 0) is 7.05 Å². The summed E-state index contributed by atoms with van der Waals surface area (Å²) in [5.41, 5.74) is 0.476. The summed E-state index contributed by atoms with van der Waals surface area (Å²) in [6, 6.07) is 0.234. The van der Waals surface area contributed by atoms with E-state index in [9.17, 15) is 10.1 Å². The van der Waals surface area contributed by atoms with Crippen molar-refractivity contribution in [1.29, 1.82) is 0 Å². The lowest BCUT2D eigenvalue weighted by atomic mass is 9.63. The van der Waals surface area contributed by atoms with E-state index in [2.05, 4.69) is 38.0 Å². The van der Waals surface area contributed by atoms with E-state index < -0.39 is 4.92 Å². The van der Waals surface area contributed by atoms with Crippen LogP contribution in [0.2, 0.25) is 0 Å². The molecule has 1 aromatic heterocycles. The quantitative estimate of drug-likeness (QED) is 0.682. The maximum atomic E-state index is 11.2. The normalized spacial score (nSPS) is 21.2. The third kappa shape index (κ3) is 3.36. The summed E-state index contributed by atoms with van der Waals surface area (Å²) in [4.78, 5) is 14.8. The fourth-order valence-electron chi connectivity index (χ4n) is 4.02. The number of rotatable bonds is 3. The smallest absolute Gasteiger partial charge is 0.362 e. The van der Waals surface area contributed by atoms with Crippen molar-refractivity contribution in [1.82, 2.24) is 9.55 Å². The number of aryl methyl sites for hydroxylation is 1. The molecule has 0 atom stereocenters. The van der Waals surface area contributed by atoms with Gasteiger partial charge in [0.1, 0.15) is 0 Å². The van der Waals surface area contributed by atoms with Gasteiger partial charge in [-0.05, 0) is 40.0 Å². The molecule has 1 heterocycles. The average molecular weight is 294 g/mol. The lowest BCUT2D eigenvalue weighted by molar-refractivity contribution is -0.388. The van der Waals surface area contributed by atoms with Gasteiger partial charge in [0.2, 0.25) is 11.6 Å². The molecule has 2 rings (SSSR count). The first-order valence-corrected chi connectivity index (χ1v) is 7.45. The molecule has 0 amide bonds. The molecule has 1 aliphatic carbocycles. The van der Waals surface area contributed by atoms with E-state index in [0.717, 1.165) is 12.8 Å². The molecule has 0 aliphatic heterocycles. The van der Waals surface area contributed by atoms with Crippen molar-refractivity contribution < 1.29 is 4.92 Å². The summed E-state index contributed by atoms with van der Waals surface area (Å²) in [6.07, 6.45) is 3.19. The Labute approximate surface area is 126 Å². The Bertz CT molecular complexity index is 544. The number of imidazole rings is 1. The van der Waals surface area contributed by atoms with Gasteiger partial charge < -0.3 is 15.4 Å². The molecule has 0 radical (unpaired) electrons. The first-order chi connectivity index (χ1) is 9.51. The van der Waals surface area contributed by atoms with Gasteiger partial charge in [-0.1, -0.05) is 27.7 Å².